The van der Waals surface area contributed by atoms with Crippen molar-refractivity contribution < 1.29 is 39.9 Å². The van der Waals surface area contributed by atoms with Crippen molar-refractivity contribution in [2.24, 2.45) is 0 Å². The average Bonchev–Trinajstić information content (AvgIpc) is 4.13. The topological polar surface area (TPSA) is 185 Å². The van der Waals surface area contributed by atoms with Gasteiger partial charge in [-0.25, -0.2) is 0 Å². The van der Waals surface area contributed by atoms with Gasteiger partial charge in [0.1, 0.15) is 30.2 Å². The summed E-state index contributed by atoms with van der Waals surface area (Å²) < 4.78 is 6.28. The zero-order valence-corrected chi connectivity index (χ0v) is 31.8. The molecule has 54 heavy (non-hydrogen) atoms. The molecule has 7 N–H and O–H groups in total. The largest absolute Gasteiger partial charge is 0.490 e. The molecule has 294 valence electrons. The van der Waals surface area contributed by atoms with Gasteiger partial charge in [-0.1, -0.05) is 43.3 Å². The second-order valence-electron chi connectivity index (χ2n) is 15.0. The minimum atomic E-state index is -1.81. The number of aryl methyl sites for hydroxylation is 1. The number of hydrogen-bond acceptors (Lipinski definition) is 10. The molecule has 2 aromatic carbocycles. The third-order valence-electron chi connectivity index (χ3n) is 10.7. The number of carbonyl (C=O) groups excluding carboxylic acids is 2. The van der Waals surface area contributed by atoms with Crippen LogP contribution in [-0.2, 0) is 21.7 Å². The molecule has 0 spiro atoms. The van der Waals surface area contributed by atoms with Gasteiger partial charge in [0.2, 0.25) is 11.8 Å². The Labute approximate surface area is 318 Å². The van der Waals surface area contributed by atoms with E-state index in [0.717, 1.165) is 49.0 Å². The molecule has 2 amide bonds. The molecule has 2 aliphatic rings. The second-order valence-corrected chi connectivity index (χ2v) is 15.0. The number of aliphatic hydroxyl groups is 5. The Morgan fingerprint density at radius 2 is 1.74 bits per heavy atom. The lowest BCUT2D eigenvalue weighted by molar-refractivity contribution is -0.140. The maximum Gasteiger partial charge on any atom is 0.222 e. The Morgan fingerprint density at radius 1 is 1.00 bits per heavy atom. The van der Waals surface area contributed by atoms with E-state index in [2.05, 4.69) is 71.9 Å². The van der Waals surface area contributed by atoms with Gasteiger partial charge in [-0.05, 0) is 98.2 Å². The highest BCUT2D eigenvalue weighted by Gasteiger charge is 2.46. The third-order valence-corrected chi connectivity index (χ3v) is 10.7. The highest BCUT2D eigenvalue weighted by Crippen LogP contribution is 2.50. The summed E-state index contributed by atoms with van der Waals surface area (Å²) in [5.41, 5.74) is 6.83. The van der Waals surface area contributed by atoms with Crippen LogP contribution in [0.1, 0.15) is 93.4 Å². The van der Waals surface area contributed by atoms with Crippen molar-refractivity contribution in [1.29, 1.82) is 0 Å². The van der Waals surface area contributed by atoms with E-state index >= 15 is 0 Å². The Morgan fingerprint density at radius 3 is 2.44 bits per heavy atom. The number of ether oxygens (including phenoxy) is 1. The highest BCUT2D eigenvalue weighted by molar-refractivity contribution is 5.79. The first-order valence-corrected chi connectivity index (χ1v) is 19.4. The fraction of sp³-hybridized carbons (Fsp3) is 0.548. The molecule has 1 unspecified atom stereocenters. The SMILES string of the molecule is CCNC(=O)CCN(C[C@H](O)[C@@H](O)[C@H](O)[C@H](O)CO)C(=O)CCCC(C)c1ccc(C)c(CNC2(c3cnccc3-c3ccccc3OC3CC3)CC2)c1. The summed E-state index contributed by atoms with van der Waals surface area (Å²) in [7, 11) is 0. The molecule has 3 aromatic rings. The van der Waals surface area contributed by atoms with Gasteiger partial charge in [-0.2, -0.15) is 0 Å². The van der Waals surface area contributed by atoms with E-state index in [9.17, 15) is 30.0 Å². The Balaban J connectivity index is 1.19. The van der Waals surface area contributed by atoms with E-state index in [4.69, 9.17) is 9.84 Å². The molecule has 0 radical (unpaired) electrons. The number of amides is 2. The smallest absolute Gasteiger partial charge is 0.222 e. The summed E-state index contributed by atoms with van der Waals surface area (Å²) in [4.78, 5) is 31.4. The van der Waals surface area contributed by atoms with E-state index in [-0.39, 0.29) is 49.2 Å². The monoisotopic (exact) mass is 746 g/mol. The highest BCUT2D eigenvalue weighted by atomic mass is 16.5. The number of nitrogens with one attached hydrogen (secondary N) is 2. The molecule has 5 atom stereocenters. The summed E-state index contributed by atoms with van der Waals surface area (Å²) in [5.74, 6) is 0.527. The van der Waals surface area contributed by atoms with Gasteiger partial charge in [0, 0.05) is 62.5 Å². The van der Waals surface area contributed by atoms with Gasteiger partial charge in [-0.3, -0.25) is 14.6 Å². The van der Waals surface area contributed by atoms with Crippen molar-refractivity contribution in [2.45, 2.75) is 121 Å². The zero-order chi connectivity index (χ0) is 38.8. The van der Waals surface area contributed by atoms with Crippen molar-refractivity contribution >= 4 is 11.8 Å². The first-order chi connectivity index (χ1) is 26.0. The molecule has 2 fully saturated rings. The molecule has 1 aromatic heterocycles. The summed E-state index contributed by atoms with van der Waals surface area (Å²) in [5, 5.41) is 56.4. The normalized spacial score (nSPS) is 17.6. The number of aromatic nitrogens is 1. The minimum absolute atomic E-state index is 0.00626. The standard InChI is InChI=1S/C42H58N4O8/c1-4-44-38(50)17-21-46(25-35(48)40(52)41(53)36(49)26-47)39(51)11-7-8-27(2)29-13-12-28(3)30(22-29)23-45-42(18-19-42)34-24-43-20-16-32(34)33-9-5-6-10-37(33)54-31-14-15-31/h5-6,9-10,12-13,16,20,22,24,27,31,35-36,40-41,45,47-49,52-53H,4,7-8,11,14-15,17-19,21,23,25-26H2,1-3H3,(H,44,50)/t27?,35-,36+,40+,41+/m0/s1. The molecule has 2 aliphatic carbocycles. The van der Waals surface area contributed by atoms with Gasteiger partial charge in [0.15, 0.2) is 0 Å². The number of para-hydroxylation sites is 1. The van der Waals surface area contributed by atoms with E-state index in [1.807, 2.05) is 18.5 Å². The molecular weight excluding hydrogens is 688 g/mol. The fourth-order valence-electron chi connectivity index (χ4n) is 6.91. The minimum Gasteiger partial charge on any atom is -0.490 e. The summed E-state index contributed by atoms with van der Waals surface area (Å²) in [6.07, 6.45) is 2.95. The number of aliphatic hydroxyl groups excluding tert-OH is 5. The van der Waals surface area contributed by atoms with Crippen LogP contribution >= 0.6 is 0 Å². The van der Waals surface area contributed by atoms with Gasteiger partial charge in [-0.15, -0.1) is 0 Å². The Bertz CT molecular complexity index is 1700. The Kier molecular flexibility index (Phi) is 14.6. The van der Waals surface area contributed by atoms with Crippen LogP contribution in [0.25, 0.3) is 11.1 Å². The van der Waals surface area contributed by atoms with E-state index in [0.29, 0.717) is 25.6 Å². The second kappa shape index (κ2) is 19.1. The number of hydrogen-bond donors (Lipinski definition) is 7. The van der Waals surface area contributed by atoms with Crippen LogP contribution in [0.2, 0.25) is 0 Å². The molecule has 0 aliphatic heterocycles. The van der Waals surface area contributed by atoms with E-state index in [1.165, 1.54) is 27.2 Å². The van der Waals surface area contributed by atoms with Crippen LogP contribution in [-0.4, -0.2) is 104 Å². The van der Waals surface area contributed by atoms with Crippen LogP contribution in [0.3, 0.4) is 0 Å². The van der Waals surface area contributed by atoms with Crippen molar-refractivity contribution in [2.75, 3.05) is 26.2 Å². The lowest BCUT2D eigenvalue weighted by Gasteiger charge is -2.30. The van der Waals surface area contributed by atoms with Crippen molar-refractivity contribution in [3.8, 4) is 16.9 Å². The van der Waals surface area contributed by atoms with Gasteiger partial charge >= 0.3 is 0 Å². The van der Waals surface area contributed by atoms with Crippen LogP contribution in [0.4, 0.5) is 0 Å². The lowest BCUT2D eigenvalue weighted by Crippen LogP contribution is -2.51. The maximum atomic E-state index is 13.4. The predicted octanol–water partition coefficient (Wildman–Crippen LogP) is 3.44. The predicted molar refractivity (Wildman–Crippen MR) is 206 cm³/mol. The molecule has 12 heteroatoms. The summed E-state index contributed by atoms with van der Waals surface area (Å²) >= 11 is 0. The average molecular weight is 747 g/mol. The zero-order valence-electron chi connectivity index (χ0n) is 31.8. The maximum absolute atomic E-state index is 13.4. The summed E-state index contributed by atoms with van der Waals surface area (Å²) in [6, 6.07) is 16.9. The van der Waals surface area contributed by atoms with Crippen LogP contribution < -0.4 is 15.4 Å². The van der Waals surface area contributed by atoms with Crippen LogP contribution in [0.15, 0.2) is 60.9 Å². The summed E-state index contributed by atoms with van der Waals surface area (Å²) in [6.45, 7) is 6.04. The van der Waals surface area contributed by atoms with Crippen LogP contribution in [0, 0.1) is 6.92 Å². The fourth-order valence-corrected chi connectivity index (χ4v) is 6.91. The third kappa shape index (κ3) is 10.9. The van der Waals surface area contributed by atoms with E-state index in [1.54, 1.807) is 6.92 Å². The Hall–Kier alpha value is -3.91. The molecule has 0 bridgehead atoms. The molecule has 2 saturated carbocycles. The number of nitrogens with zero attached hydrogens (tertiary/aromatic N) is 2. The molecule has 0 saturated heterocycles. The lowest BCUT2D eigenvalue weighted by atomic mass is 9.91. The number of rotatable bonds is 22. The van der Waals surface area contributed by atoms with Crippen molar-refractivity contribution in [3.63, 3.8) is 0 Å². The number of benzene rings is 2. The molecule has 1 heterocycles. The van der Waals surface area contributed by atoms with E-state index < -0.39 is 31.0 Å². The molecule has 12 nitrogen and oxygen atoms in total. The first kappa shape index (κ1) is 41.3. The van der Waals surface area contributed by atoms with Crippen LogP contribution in [0.5, 0.6) is 5.75 Å². The van der Waals surface area contributed by atoms with Gasteiger partial charge in [0.05, 0.1) is 12.7 Å². The number of carbonyl (C=O) groups is 2. The first-order valence-electron chi connectivity index (χ1n) is 19.4. The van der Waals surface area contributed by atoms with Gasteiger partial charge < -0.3 is 45.8 Å². The quantitative estimate of drug-likeness (QED) is 0.0804. The molecular formula is C42H58N4O8. The van der Waals surface area contributed by atoms with Crippen molar-refractivity contribution in [1.82, 2.24) is 20.5 Å². The number of pyridine rings is 1. The van der Waals surface area contributed by atoms with Crippen molar-refractivity contribution in [3.05, 3.63) is 83.2 Å². The molecule has 5 rings (SSSR count). The van der Waals surface area contributed by atoms with Gasteiger partial charge in [0.25, 0.3) is 0 Å².